The summed E-state index contributed by atoms with van der Waals surface area (Å²) in [5.74, 6) is 1.87. The van der Waals surface area contributed by atoms with E-state index in [0.717, 1.165) is 42.2 Å². The molecule has 32 heavy (non-hydrogen) atoms. The molecule has 4 rings (SSSR count). The quantitative estimate of drug-likeness (QED) is 0.493. The molecule has 0 aliphatic carbocycles. The third-order valence-corrected chi connectivity index (χ3v) is 5.41. The molecular formula is C22H27ClN8O. The molecule has 1 aliphatic heterocycles. The Kier molecular flexibility index (Phi) is 7.51. The zero-order chi connectivity index (χ0) is 21.8. The van der Waals surface area contributed by atoms with Gasteiger partial charge >= 0.3 is 0 Å². The van der Waals surface area contributed by atoms with Gasteiger partial charge in [0.15, 0.2) is 11.5 Å². The number of nitriles is 1. The highest BCUT2D eigenvalue weighted by Crippen LogP contribution is 2.33. The number of rotatable bonds is 7. The summed E-state index contributed by atoms with van der Waals surface area (Å²) in [4.78, 5) is 10.6. The molecule has 10 heteroatoms. The van der Waals surface area contributed by atoms with Crippen LogP contribution in [0.15, 0.2) is 36.7 Å². The van der Waals surface area contributed by atoms with E-state index in [1.54, 1.807) is 7.11 Å². The van der Waals surface area contributed by atoms with E-state index in [-0.39, 0.29) is 18.1 Å². The molecule has 1 fully saturated rings. The first-order valence-electron chi connectivity index (χ1n) is 10.3. The Bertz CT molecular complexity index is 1080. The van der Waals surface area contributed by atoms with Gasteiger partial charge in [0.25, 0.3) is 0 Å². The van der Waals surface area contributed by atoms with Crippen LogP contribution in [0.5, 0.6) is 5.75 Å². The van der Waals surface area contributed by atoms with Crippen LogP contribution in [0.4, 0.5) is 17.3 Å². The topological polar surface area (TPSA) is 115 Å². The highest BCUT2D eigenvalue weighted by atomic mass is 35.5. The molecule has 3 aromatic rings. The monoisotopic (exact) mass is 454 g/mol. The second-order valence-corrected chi connectivity index (χ2v) is 7.82. The number of nitrogens with one attached hydrogen (secondary N) is 3. The minimum Gasteiger partial charge on any atom is -0.496 e. The van der Waals surface area contributed by atoms with Crippen LogP contribution in [-0.4, -0.2) is 57.3 Å². The molecule has 2 aromatic heterocycles. The Balaban J connectivity index is 0.00000289. The Morgan fingerprint density at radius 3 is 2.72 bits per heavy atom. The predicted molar refractivity (Wildman–Crippen MR) is 127 cm³/mol. The number of hydrogen-bond acceptors (Lipinski definition) is 8. The zero-order valence-corrected chi connectivity index (χ0v) is 19.1. The molecule has 0 amide bonds. The summed E-state index contributed by atoms with van der Waals surface area (Å²) in [5.41, 5.74) is 3.04. The van der Waals surface area contributed by atoms with Gasteiger partial charge in [0.2, 0.25) is 0 Å². The van der Waals surface area contributed by atoms with E-state index in [0.29, 0.717) is 23.7 Å². The minimum absolute atomic E-state index is 0. The Hall–Kier alpha value is -3.35. The van der Waals surface area contributed by atoms with Gasteiger partial charge in [-0.25, -0.2) is 9.97 Å². The number of ether oxygens (including phenoxy) is 1. The van der Waals surface area contributed by atoms with Crippen molar-refractivity contribution in [2.24, 2.45) is 0 Å². The van der Waals surface area contributed by atoms with Crippen molar-refractivity contribution in [3.05, 3.63) is 42.4 Å². The van der Waals surface area contributed by atoms with Crippen molar-refractivity contribution in [1.82, 2.24) is 25.1 Å². The number of hydrogen-bond donors (Lipinski definition) is 3. The number of likely N-dealkylation sites (tertiary alicyclic amines) is 1. The molecule has 0 unspecified atom stereocenters. The van der Waals surface area contributed by atoms with Crippen molar-refractivity contribution < 1.29 is 4.74 Å². The number of anilines is 3. The van der Waals surface area contributed by atoms with Crippen molar-refractivity contribution in [1.29, 1.82) is 5.26 Å². The van der Waals surface area contributed by atoms with E-state index >= 15 is 0 Å². The maximum atomic E-state index is 8.82. The van der Waals surface area contributed by atoms with Gasteiger partial charge in [0, 0.05) is 48.6 Å². The Labute approximate surface area is 193 Å². The number of nitrogens with zero attached hydrogens (tertiary/aromatic N) is 5. The normalized spacial score (nSPS) is 15.8. The van der Waals surface area contributed by atoms with E-state index in [2.05, 4.69) is 55.6 Å². The molecular weight excluding hydrogens is 428 g/mol. The van der Waals surface area contributed by atoms with Crippen LogP contribution in [0.1, 0.15) is 26.0 Å². The highest BCUT2D eigenvalue weighted by Gasteiger charge is 2.24. The average Bonchev–Trinajstić information content (AvgIpc) is 3.44. The lowest BCUT2D eigenvalue weighted by atomic mass is 10.1. The second-order valence-electron chi connectivity index (χ2n) is 7.82. The molecule has 0 spiro atoms. The second kappa shape index (κ2) is 10.3. The molecule has 1 atom stereocenters. The number of benzene rings is 1. The van der Waals surface area contributed by atoms with Crippen LogP contribution in [0.3, 0.4) is 0 Å². The molecule has 1 aromatic carbocycles. The smallest absolute Gasteiger partial charge is 0.158 e. The molecule has 0 bridgehead atoms. The lowest BCUT2D eigenvalue weighted by Crippen LogP contribution is -2.31. The Morgan fingerprint density at radius 1 is 1.22 bits per heavy atom. The van der Waals surface area contributed by atoms with E-state index in [4.69, 9.17) is 10.00 Å². The van der Waals surface area contributed by atoms with Crippen LogP contribution >= 0.6 is 12.4 Å². The molecule has 9 nitrogen and oxygen atoms in total. The predicted octanol–water partition coefficient (Wildman–Crippen LogP) is 3.81. The molecule has 1 aliphatic rings. The van der Waals surface area contributed by atoms with Crippen molar-refractivity contribution in [2.75, 3.05) is 30.8 Å². The third kappa shape index (κ3) is 5.28. The van der Waals surface area contributed by atoms with E-state index < -0.39 is 0 Å². The first kappa shape index (κ1) is 23.3. The fraction of sp³-hybridized carbons (Fsp3) is 0.364. The van der Waals surface area contributed by atoms with Gasteiger partial charge in [-0.05, 0) is 32.4 Å². The molecule has 168 valence electrons. The van der Waals surface area contributed by atoms with Crippen LogP contribution < -0.4 is 15.4 Å². The first-order chi connectivity index (χ1) is 15.1. The first-order valence-corrected chi connectivity index (χ1v) is 10.3. The highest BCUT2D eigenvalue weighted by molar-refractivity contribution is 5.85. The average molecular weight is 455 g/mol. The number of methoxy groups -OCH3 is 1. The van der Waals surface area contributed by atoms with Crippen molar-refractivity contribution in [2.45, 2.75) is 32.4 Å². The maximum absolute atomic E-state index is 8.82. The van der Waals surface area contributed by atoms with Crippen LogP contribution in [0.2, 0.25) is 0 Å². The van der Waals surface area contributed by atoms with Crippen LogP contribution in [-0.2, 0) is 0 Å². The summed E-state index contributed by atoms with van der Waals surface area (Å²) in [6.07, 6.45) is 4.04. The van der Waals surface area contributed by atoms with Gasteiger partial charge in [-0.2, -0.15) is 10.4 Å². The SMILES string of the molecule is COc1cc(N[C@H]2CCN(C(C)C)C2)ccc1-c1cc(Nc2cnc(C#N)cn2)n[nH]1.Cl. The molecule has 3 N–H and O–H groups in total. The number of aromatic nitrogens is 4. The molecule has 0 radical (unpaired) electrons. The minimum atomic E-state index is 0. The van der Waals surface area contributed by atoms with Crippen molar-refractivity contribution >= 4 is 29.7 Å². The summed E-state index contributed by atoms with van der Waals surface area (Å²) in [6.45, 7) is 6.65. The number of H-pyrrole nitrogens is 1. The standard InChI is InChI=1S/C22H26N8O.ClH/c1-14(2)30-7-6-16(13-30)26-15-4-5-18(20(8-15)31-3)19-9-21(29-28-19)27-22-12-24-17(10-23)11-25-22;/h4-5,8-9,11-12,14,16,26H,6-7,13H2,1-3H3,(H2,25,27,28,29);1H/t16-;/m0./s1. The molecule has 1 saturated heterocycles. The van der Waals surface area contributed by atoms with Gasteiger partial charge in [-0.15, -0.1) is 12.4 Å². The number of halogens is 1. The summed E-state index contributed by atoms with van der Waals surface area (Å²) in [5, 5.41) is 22.8. The van der Waals surface area contributed by atoms with Gasteiger partial charge in [-0.1, -0.05) is 0 Å². The van der Waals surface area contributed by atoms with Gasteiger partial charge in [-0.3, -0.25) is 10.00 Å². The zero-order valence-electron chi connectivity index (χ0n) is 18.3. The molecule has 0 saturated carbocycles. The fourth-order valence-corrected chi connectivity index (χ4v) is 3.72. The third-order valence-electron chi connectivity index (χ3n) is 5.41. The largest absolute Gasteiger partial charge is 0.496 e. The van der Waals surface area contributed by atoms with E-state index in [1.807, 2.05) is 24.3 Å². The van der Waals surface area contributed by atoms with Gasteiger partial charge in [0.05, 0.1) is 25.2 Å². The summed E-state index contributed by atoms with van der Waals surface area (Å²) in [7, 11) is 1.67. The maximum Gasteiger partial charge on any atom is 0.158 e. The summed E-state index contributed by atoms with van der Waals surface area (Å²) < 4.78 is 5.65. The number of aromatic amines is 1. The Morgan fingerprint density at radius 2 is 2.06 bits per heavy atom. The van der Waals surface area contributed by atoms with Gasteiger partial charge < -0.3 is 15.4 Å². The van der Waals surface area contributed by atoms with Gasteiger partial charge in [0.1, 0.15) is 17.6 Å². The fourth-order valence-electron chi connectivity index (χ4n) is 3.72. The lowest BCUT2D eigenvalue weighted by Gasteiger charge is -2.21. The summed E-state index contributed by atoms with van der Waals surface area (Å²) >= 11 is 0. The van der Waals surface area contributed by atoms with Crippen molar-refractivity contribution in [3.8, 4) is 23.1 Å². The van der Waals surface area contributed by atoms with E-state index in [9.17, 15) is 0 Å². The van der Waals surface area contributed by atoms with Crippen LogP contribution in [0.25, 0.3) is 11.3 Å². The molecule has 3 heterocycles. The van der Waals surface area contributed by atoms with E-state index in [1.165, 1.54) is 12.4 Å². The summed E-state index contributed by atoms with van der Waals surface area (Å²) in [6, 6.07) is 10.9. The van der Waals surface area contributed by atoms with Crippen molar-refractivity contribution in [3.63, 3.8) is 0 Å². The van der Waals surface area contributed by atoms with Crippen LogP contribution in [0, 0.1) is 11.3 Å². The lowest BCUT2D eigenvalue weighted by molar-refractivity contribution is 0.274.